The second kappa shape index (κ2) is 8.37. The molecule has 8 nitrogen and oxygen atoms in total. The predicted molar refractivity (Wildman–Crippen MR) is 114 cm³/mol. The van der Waals surface area contributed by atoms with Gasteiger partial charge in [-0.1, -0.05) is 6.07 Å². The first-order valence-corrected chi connectivity index (χ1v) is 9.69. The molecule has 1 aromatic heterocycles. The molecule has 0 spiro atoms. The van der Waals surface area contributed by atoms with E-state index in [4.69, 9.17) is 10.5 Å². The summed E-state index contributed by atoms with van der Waals surface area (Å²) in [6.07, 6.45) is -0.776. The molecule has 0 aliphatic rings. The molecule has 3 aromatic rings. The Kier molecular flexibility index (Phi) is 5.98. The van der Waals surface area contributed by atoms with Crippen LogP contribution in [0.2, 0.25) is 0 Å². The van der Waals surface area contributed by atoms with Gasteiger partial charge in [-0.2, -0.15) is 0 Å². The molecule has 0 saturated heterocycles. The van der Waals surface area contributed by atoms with Crippen molar-refractivity contribution < 1.29 is 23.1 Å². The van der Waals surface area contributed by atoms with Crippen molar-refractivity contribution in [3.8, 4) is 5.69 Å². The first-order valence-electron chi connectivity index (χ1n) is 9.69. The number of nitrogens with two attached hydrogens (primary N) is 1. The van der Waals surface area contributed by atoms with E-state index < -0.39 is 40.8 Å². The van der Waals surface area contributed by atoms with E-state index in [2.05, 4.69) is 10.3 Å². The van der Waals surface area contributed by atoms with Crippen LogP contribution in [-0.4, -0.2) is 27.2 Å². The highest BCUT2D eigenvalue weighted by Gasteiger charge is 2.24. The average molecular weight is 444 g/mol. The van der Waals surface area contributed by atoms with Gasteiger partial charge in [-0.3, -0.25) is 14.2 Å². The lowest BCUT2D eigenvalue weighted by Crippen LogP contribution is -2.37. The molecule has 0 aliphatic carbocycles. The van der Waals surface area contributed by atoms with Gasteiger partial charge in [-0.15, -0.1) is 0 Å². The lowest BCUT2D eigenvalue weighted by molar-refractivity contribution is 0.0505. The zero-order valence-corrected chi connectivity index (χ0v) is 17.9. The minimum Gasteiger partial charge on any atom is -0.444 e. The zero-order chi connectivity index (χ0) is 23.8. The molecule has 10 heteroatoms. The van der Waals surface area contributed by atoms with Gasteiger partial charge >= 0.3 is 6.09 Å². The number of fused-ring (bicyclic) bond motifs is 1. The minimum atomic E-state index is -0.922. The molecule has 1 unspecified atom stereocenters. The summed E-state index contributed by atoms with van der Waals surface area (Å²) in [5.74, 6) is -2.73. The van der Waals surface area contributed by atoms with Gasteiger partial charge in [-0.25, -0.2) is 18.6 Å². The van der Waals surface area contributed by atoms with E-state index in [1.165, 1.54) is 25.1 Å². The Balaban J connectivity index is 2.28. The van der Waals surface area contributed by atoms with Crippen LogP contribution in [0.25, 0.3) is 16.6 Å². The Hall–Kier alpha value is -3.82. The number of nitrogens with one attached hydrogen (secondary N) is 1. The van der Waals surface area contributed by atoms with Crippen LogP contribution in [0.4, 0.5) is 13.6 Å². The summed E-state index contributed by atoms with van der Waals surface area (Å²) in [5, 5.41) is 2.45. The number of primary amides is 1. The summed E-state index contributed by atoms with van der Waals surface area (Å²) in [6, 6.07) is 5.96. The molecular formula is C22H22F2N4O4. The molecule has 1 atom stereocenters. The fourth-order valence-electron chi connectivity index (χ4n) is 3.21. The predicted octanol–water partition coefficient (Wildman–Crippen LogP) is 3.35. The molecule has 0 aliphatic heterocycles. The molecular weight excluding hydrogens is 422 g/mol. The van der Waals surface area contributed by atoms with Crippen LogP contribution in [0.15, 0.2) is 41.2 Å². The smallest absolute Gasteiger partial charge is 0.408 e. The van der Waals surface area contributed by atoms with Crippen LogP contribution >= 0.6 is 0 Å². The summed E-state index contributed by atoms with van der Waals surface area (Å²) >= 11 is 0. The highest BCUT2D eigenvalue weighted by molar-refractivity contribution is 6.05. The van der Waals surface area contributed by atoms with Crippen LogP contribution in [0.5, 0.6) is 0 Å². The van der Waals surface area contributed by atoms with Crippen molar-refractivity contribution in [1.29, 1.82) is 0 Å². The number of rotatable bonds is 4. The Morgan fingerprint density at radius 3 is 2.34 bits per heavy atom. The van der Waals surface area contributed by atoms with Gasteiger partial charge in [0.2, 0.25) is 5.91 Å². The van der Waals surface area contributed by atoms with Gasteiger partial charge in [0, 0.05) is 6.07 Å². The van der Waals surface area contributed by atoms with Gasteiger partial charge in [0.25, 0.3) is 5.56 Å². The van der Waals surface area contributed by atoms with E-state index in [-0.39, 0.29) is 28.0 Å². The molecule has 3 rings (SSSR count). The average Bonchev–Trinajstić information content (AvgIpc) is 2.64. The number of carbonyl (C=O) groups is 2. The summed E-state index contributed by atoms with van der Waals surface area (Å²) in [5.41, 5.74) is 3.72. The number of halogens is 2. The quantitative estimate of drug-likeness (QED) is 0.640. The summed E-state index contributed by atoms with van der Waals surface area (Å²) in [6.45, 7) is 6.58. The Morgan fingerprint density at radius 1 is 1.16 bits per heavy atom. The Bertz CT molecular complexity index is 1260. The number of aromatic nitrogens is 2. The largest absolute Gasteiger partial charge is 0.444 e. The summed E-state index contributed by atoms with van der Waals surface area (Å²) in [7, 11) is 0. The fraction of sp³-hybridized carbons (Fsp3) is 0.273. The molecule has 2 amide bonds. The number of hydrogen-bond donors (Lipinski definition) is 2. The molecule has 32 heavy (non-hydrogen) atoms. The Labute approximate surface area is 182 Å². The maximum Gasteiger partial charge on any atom is 0.408 e. The highest BCUT2D eigenvalue weighted by Crippen LogP contribution is 2.22. The van der Waals surface area contributed by atoms with E-state index in [1.54, 1.807) is 20.8 Å². The van der Waals surface area contributed by atoms with Crippen molar-refractivity contribution >= 4 is 22.9 Å². The molecule has 3 N–H and O–H groups in total. The van der Waals surface area contributed by atoms with Gasteiger partial charge in [0.05, 0.1) is 28.2 Å². The van der Waals surface area contributed by atoms with Crippen molar-refractivity contribution in [3.63, 3.8) is 0 Å². The van der Waals surface area contributed by atoms with E-state index in [0.29, 0.717) is 6.07 Å². The number of benzene rings is 2. The third kappa shape index (κ3) is 4.74. The molecule has 2 aromatic carbocycles. The van der Waals surface area contributed by atoms with Crippen LogP contribution in [0.1, 0.15) is 49.9 Å². The van der Waals surface area contributed by atoms with Gasteiger partial charge in [0.15, 0.2) is 0 Å². The van der Waals surface area contributed by atoms with E-state index in [1.807, 2.05) is 0 Å². The van der Waals surface area contributed by atoms with Crippen molar-refractivity contribution in [2.24, 2.45) is 5.73 Å². The number of nitrogens with zero attached hydrogens (tertiary/aromatic N) is 2. The lowest BCUT2D eigenvalue weighted by Gasteiger charge is -2.23. The lowest BCUT2D eigenvalue weighted by atomic mass is 10.1. The second-order valence-electron chi connectivity index (χ2n) is 8.17. The van der Waals surface area contributed by atoms with Crippen molar-refractivity contribution in [3.05, 3.63) is 69.8 Å². The number of carbonyl (C=O) groups excluding carboxylic acids is 2. The maximum absolute atomic E-state index is 14.0. The minimum absolute atomic E-state index is 0.0278. The third-order valence-corrected chi connectivity index (χ3v) is 4.42. The number of amides is 2. The number of ether oxygens (including phenoxy) is 1. The normalized spacial score (nSPS) is 12.4. The highest BCUT2D eigenvalue weighted by atomic mass is 19.1. The van der Waals surface area contributed by atoms with Gasteiger partial charge in [-0.05, 0) is 52.0 Å². The SMILES string of the molecule is CC(NC(=O)OC(C)(C)C)c1nc2cccc(C(N)=O)c2c(=O)n1-c1cc(F)cc(F)c1. The first kappa shape index (κ1) is 22.9. The summed E-state index contributed by atoms with van der Waals surface area (Å²) < 4.78 is 34.1. The van der Waals surface area contributed by atoms with E-state index in [9.17, 15) is 23.2 Å². The van der Waals surface area contributed by atoms with Gasteiger partial charge in [0.1, 0.15) is 23.1 Å². The molecule has 0 bridgehead atoms. The van der Waals surface area contributed by atoms with E-state index in [0.717, 1.165) is 16.7 Å². The van der Waals surface area contributed by atoms with Crippen molar-refractivity contribution in [2.45, 2.75) is 39.3 Å². The van der Waals surface area contributed by atoms with E-state index >= 15 is 0 Å². The monoisotopic (exact) mass is 444 g/mol. The molecule has 0 radical (unpaired) electrons. The molecule has 168 valence electrons. The molecule has 1 heterocycles. The van der Waals surface area contributed by atoms with Crippen LogP contribution in [0.3, 0.4) is 0 Å². The van der Waals surface area contributed by atoms with Crippen molar-refractivity contribution in [2.75, 3.05) is 0 Å². The Morgan fingerprint density at radius 2 is 1.78 bits per heavy atom. The van der Waals surface area contributed by atoms with Crippen LogP contribution in [-0.2, 0) is 4.74 Å². The first-order chi connectivity index (χ1) is 14.9. The summed E-state index contributed by atoms with van der Waals surface area (Å²) in [4.78, 5) is 42.0. The van der Waals surface area contributed by atoms with Crippen molar-refractivity contribution in [1.82, 2.24) is 14.9 Å². The van der Waals surface area contributed by atoms with Gasteiger partial charge < -0.3 is 15.8 Å². The standard InChI is InChI=1S/C22H22F2N4O4/c1-11(26-21(31)32-22(2,3)4)19-27-16-7-5-6-15(18(25)29)17(16)20(30)28(19)14-9-12(23)8-13(24)10-14/h5-11H,1-4H3,(H2,25,29)(H,26,31). The maximum atomic E-state index is 14.0. The molecule has 0 fully saturated rings. The topological polar surface area (TPSA) is 116 Å². The third-order valence-electron chi connectivity index (χ3n) is 4.42. The zero-order valence-electron chi connectivity index (χ0n) is 17.9. The van der Waals surface area contributed by atoms with Crippen LogP contribution < -0.4 is 16.6 Å². The number of hydrogen-bond acceptors (Lipinski definition) is 5. The van der Waals surface area contributed by atoms with Crippen LogP contribution in [0, 0.1) is 11.6 Å². The fourth-order valence-corrected chi connectivity index (χ4v) is 3.21. The number of alkyl carbamates (subject to hydrolysis) is 1. The second-order valence-corrected chi connectivity index (χ2v) is 8.17. The molecule has 0 saturated carbocycles.